The number of amides is 1. The first-order chi connectivity index (χ1) is 7.95. The Morgan fingerprint density at radius 2 is 1.88 bits per heavy atom. The first-order valence-corrected chi connectivity index (χ1v) is 6.65. The molecule has 5 nitrogen and oxygen atoms in total. The SMILES string of the molecule is CC(=O)Nc1ccc(S(=O)(=O)CCC=O)cc1. The molecule has 0 unspecified atom stereocenters. The van der Waals surface area contributed by atoms with E-state index < -0.39 is 9.84 Å². The highest BCUT2D eigenvalue weighted by atomic mass is 32.2. The Hall–Kier alpha value is -1.69. The number of hydrogen-bond acceptors (Lipinski definition) is 4. The van der Waals surface area contributed by atoms with Gasteiger partial charge in [0, 0.05) is 19.0 Å². The molecule has 0 fully saturated rings. The Labute approximate surface area is 99.8 Å². The van der Waals surface area contributed by atoms with Crippen molar-refractivity contribution < 1.29 is 18.0 Å². The van der Waals surface area contributed by atoms with Gasteiger partial charge in [-0.25, -0.2) is 8.42 Å². The van der Waals surface area contributed by atoms with E-state index in [0.29, 0.717) is 12.0 Å². The molecule has 0 bridgehead atoms. The largest absolute Gasteiger partial charge is 0.326 e. The van der Waals surface area contributed by atoms with E-state index >= 15 is 0 Å². The standard InChI is InChI=1S/C11H13NO4S/c1-9(14)12-10-3-5-11(6-4-10)17(15,16)8-2-7-13/h3-7H,2,8H2,1H3,(H,12,14). The summed E-state index contributed by atoms with van der Waals surface area (Å²) in [6.45, 7) is 1.37. The molecule has 1 aromatic carbocycles. The van der Waals surface area contributed by atoms with Crippen molar-refractivity contribution in [2.45, 2.75) is 18.2 Å². The van der Waals surface area contributed by atoms with Crippen LogP contribution >= 0.6 is 0 Å². The van der Waals surface area contributed by atoms with Crippen LogP contribution in [0.25, 0.3) is 0 Å². The van der Waals surface area contributed by atoms with E-state index in [9.17, 15) is 18.0 Å². The molecule has 6 heteroatoms. The molecule has 0 heterocycles. The second-order valence-electron chi connectivity index (χ2n) is 3.48. The zero-order chi connectivity index (χ0) is 12.9. The Morgan fingerprint density at radius 3 is 2.35 bits per heavy atom. The third kappa shape index (κ3) is 3.99. The van der Waals surface area contributed by atoms with Crippen molar-refractivity contribution in [1.82, 2.24) is 0 Å². The van der Waals surface area contributed by atoms with Crippen LogP contribution in [0.15, 0.2) is 29.2 Å². The van der Waals surface area contributed by atoms with Crippen molar-refractivity contribution in [1.29, 1.82) is 0 Å². The van der Waals surface area contributed by atoms with E-state index in [4.69, 9.17) is 0 Å². The summed E-state index contributed by atoms with van der Waals surface area (Å²) in [6.07, 6.45) is 0.555. The average molecular weight is 255 g/mol. The number of carbonyl (C=O) groups is 2. The smallest absolute Gasteiger partial charge is 0.221 e. The van der Waals surface area contributed by atoms with Crippen LogP contribution in [-0.4, -0.2) is 26.4 Å². The zero-order valence-corrected chi connectivity index (χ0v) is 10.2. The summed E-state index contributed by atoms with van der Waals surface area (Å²) < 4.78 is 23.4. The van der Waals surface area contributed by atoms with Gasteiger partial charge in [0.25, 0.3) is 0 Å². The van der Waals surface area contributed by atoms with Crippen molar-refractivity contribution in [3.63, 3.8) is 0 Å². The minimum Gasteiger partial charge on any atom is -0.326 e. The minimum atomic E-state index is -3.41. The summed E-state index contributed by atoms with van der Waals surface area (Å²) in [4.78, 5) is 21.1. The first-order valence-electron chi connectivity index (χ1n) is 5.00. The average Bonchev–Trinajstić information content (AvgIpc) is 2.26. The van der Waals surface area contributed by atoms with Crippen LogP contribution in [0.5, 0.6) is 0 Å². The lowest BCUT2D eigenvalue weighted by molar-refractivity contribution is -0.114. The molecular formula is C11H13NO4S. The lowest BCUT2D eigenvalue weighted by atomic mass is 10.3. The number of carbonyl (C=O) groups excluding carboxylic acids is 2. The molecule has 0 aliphatic heterocycles. The van der Waals surface area contributed by atoms with Gasteiger partial charge in [0.1, 0.15) is 6.29 Å². The van der Waals surface area contributed by atoms with E-state index in [2.05, 4.69) is 5.32 Å². The first kappa shape index (κ1) is 13.4. The maximum Gasteiger partial charge on any atom is 0.221 e. The molecule has 1 N–H and O–H groups in total. The van der Waals surface area contributed by atoms with Gasteiger partial charge in [-0.3, -0.25) is 4.79 Å². The van der Waals surface area contributed by atoms with Crippen LogP contribution in [0.4, 0.5) is 5.69 Å². The lowest BCUT2D eigenvalue weighted by Crippen LogP contribution is -2.08. The van der Waals surface area contributed by atoms with E-state index in [0.717, 1.165) is 0 Å². The van der Waals surface area contributed by atoms with Gasteiger partial charge in [-0.15, -0.1) is 0 Å². The molecule has 1 aromatic rings. The van der Waals surface area contributed by atoms with Crippen molar-refractivity contribution in [3.05, 3.63) is 24.3 Å². The van der Waals surface area contributed by atoms with E-state index in [1.165, 1.54) is 31.2 Å². The number of nitrogens with one attached hydrogen (secondary N) is 1. The Kier molecular flexibility index (Phi) is 4.39. The van der Waals surface area contributed by atoms with Crippen molar-refractivity contribution in [2.75, 3.05) is 11.1 Å². The number of anilines is 1. The zero-order valence-electron chi connectivity index (χ0n) is 9.34. The molecule has 1 amide bonds. The molecule has 0 aliphatic rings. The predicted molar refractivity (Wildman–Crippen MR) is 63.5 cm³/mol. The third-order valence-electron chi connectivity index (χ3n) is 2.04. The number of sulfone groups is 1. The van der Waals surface area contributed by atoms with Gasteiger partial charge in [0.15, 0.2) is 9.84 Å². The van der Waals surface area contributed by atoms with Gasteiger partial charge in [0.2, 0.25) is 5.91 Å². The Morgan fingerprint density at radius 1 is 1.29 bits per heavy atom. The van der Waals surface area contributed by atoms with Gasteiger partial charge >= 0.3 is 0 Å². The van der Waals surface area contributed by atoms with Crippen molar-refractivity contribution in [3.8, 4) is 0 Å². The molecule has 0 spiro atoms. The van der Waals surface area contributed by atoms with E-state index in [1.807, 2.05) is 0 Å². The lowest BCUT2D eigenvalue weighted by Gasteiger charge is -2.05. The summed E-state index contributed by atoms with van der Waals surface area (Å²) in [5.41, 5.74) is 0.534. The van der Waals surface area contributed by atoms with Crippen LogP contribution in [-0.2, 0) is 19.4 Å². The second-order valence-corrected chi connectivity index (χ2v) is 5.59. The molecule has 0 aliphatic carbocycles. The molecule has 0 saturated heterocycles. The fourth-order valence-corrected chi connectivity index (χ4v) is 2.46. The summed E-state index contributed by atoms with van der Waals surface area (Å²) >= 11 is 0. The number of hydrogen-bond donors (Lipinski definition) is 1. The van der Waals surface area contributed by atoms with Gasteiger partial charge in [-0.1, -0.05) is 0 Å². The molecule has 92 valence electrons. The summed E-state index contributed by atoms with van der Waals surface area (Å²) in [7, 11) is -3.41. The second kappa shape index (κ2) is 5.58. The quantitative estimate of drug-likeness (QED) is 0.796. The van der Waals surface area contributed by atoms with Crippen LogP contribution < -0.4 is 5.32 Å². The van der Waals surface area contributed by atoms with Crippen molar-refractivity contribution >= 4 is 27.7 Å². The highest BCUT2D eigenvalue weighted by molar-refractivity contribution is 7.91. The third-order valence-corrected chi connectivity index (χ3v) is 3.80. The Balaban J connectivity index is 2.86. The number of aldehydes is 1. The van der Waals surface area contributed by atoms with Gasteiger partial charge in [-0.2, -0.15) is 0 Å². The van der Waals surface area contributed by atoms with E-state index in [1.54, 1.807) is 0 Å². The molecule has 1 rings (SSSR count). The van der Waals surface area contributed by atoms with Crippen LogP contribution in [0.1, 0.15) is 13.3 Å². The van der Waals surface area contributed by atoms with Gasteiger partial charge < -0.3 is 10.1 Å². The molecule has 0 aromatic heterocycles. The molecule has 17 heavy (non-hydrogen) atoms. The van der Waals surface area contributed by atoms with Gasteiger partial charge in [0.05, 0.1) is 10.6 Å². The summed E-state index contributed by atoms with van der Waals surface area (Å²) in [6, 6.07) is 5.83. The highest BCUT2D eigenvalue weighted by Gasteiger charge is 2.13. The summed E-state index contributed by atoms with van der Waals surface area (Å²) in [5.74, 6) is -0.419. The van der Waals surface area contributed by atoms with Crippen LogP contribution in [0.3, 0.4) is 0 Å². The maximum atomic E-state index is 11.7. The fraction of sp³-hybridized carbons (Fsp3) is 0.273. The van der Waals surface area contributed by atoms with Gasteiger partial charge in [-0.05, 0) is 24.3 Å². The maximum absolute atomic E-state index is 11.7. The molecular weight excluding hydrogens is 242 g/mol. The van der Waals surface area contributed by atoms with Crippen molar-refractivity contribution in [2.24, 2.45) is 0 Å². The molecule has 0 saturated carbocycles. The fourth-order valence-electron chi connectivity index (χ4n) is 1.27. The topological polar surface area (TPSA) is 80.3 Å². The summed E-state index contributed by atoms with van der Waals surface area (Å²) in [5, 5.41) is 2.54. The number of rotatable bonds is 5. The number of benzene rings is 1. The van der Waals surface area contributed by atoms with E-state index in [-0.39, 0.29) is 23.0 Å². The minimum absolute atomic E-state index is 0.0181. The van der Waals surface area contributed by atoms with Crippen LogP contribution in [0, 0.1) is 0 Å². The molecule has 0 atom stereocenters. The predicted octanol–water partition coefficient (Wildman–Crippen LogP) is 1.01. The Bertz CT molecular complexity index is 505. The molecule has 0 radical (unpaired) electrons. The highest BCUT2D eigenvalue weighted by Crippen LogP contribution is 2.15. The normalized spacial score (nSPS) is 10.9. The van der Waals surface area contributed by atoms with Crippen LogP contribution in [0.2, 0.25) is 0 Å². The monoisotopic (exact) mass is 255 g/mol.